The largest absolute Gasteiger partial charge is 1.00 e. The average Bonchev–Trinajstić information content (AvgIpc) is 2.92. The summed E-state index contributed by atoms with van der Waals surface area (Å²) in [6.45, 7) is 2.27. The van der Waals surface area contributed by atoms with Crippen molar-refractivity contribution in [2.45, 2.75) is 32.1 Å². The summed E-state index contributed by atoms with van der Waals surface area (Å²) in [5.74, 6) is 0.387. The SMILES string of the molecule is CCCC1=C(C(c2ccccc2)c2ccccc2)CC=[C]1[Ti+3].[Cl-].[Cl-].[Cl-]. The van der Waals surface area contributed by atoms with Crippen LogP contribution in [0.25, 0.3) is 0 Å². The van der Waals surface area contributed by atoms with Gasteiger partial charge < -0.3 is 37.2 Å². The smallest absolute Gasteiger partial charge is 1.00 e. The van der Waals surface area contributed by atoms with Gasteiger partial charge in [0, 0.05) is 0 Å². The fourth-order valence-corrected chi connectivity index (χ4v) is 3.96. The van der Waals surface area contributed by atoms with E-state index in [-0.39, 0.29) is 37.2 Å². The third kappa shape index (κ3) is 5.74. The van der Waals surface area contributed by atoms with Crippen molar-refractivity contribution in [3.8, 4) is 0 Å². The van der Waals surface area contributed by atoms with Crippen molar-refractivity contribution in [1.29, 1.82) is 0 Å². The zero-order valence-electron chi connectivity index (χ0n) is 14.2. The Labute approximate surface area is 181 Å². The maximum absolute atomic E-state index is 2.40. The van der Waals surface area contributed by atoms with Gasteiger partial charge in [0.2, 0.25) is 0 Å². The molecule has 0 bridgehead atoms. The van der Waals surface area contributed by atoms with Gasteiger partial charge in [0.15, 0.2) is 0 Å². The third-order valence-electron chi connectivity index (χ3n) is 4.35. The maximum Gasteiger partial charge on any atom is -1.00 e. The van der Waals surface area contributed by atoms with Crippen molar-refractivity contribution in [3.05, 3.63) is 92.9 Å². The maximum atomic E-state index is 2.40. The number of allylic oxidation sites excluding steroid dienone is 4. The first kappa shape index (κ1) is 24.5. The van der Waals surface area contributed by atoms with Crippen molar-refractivity contribution in [2.24, 2.45) is 0 Å². The second-order valence-corrected chi connectivity index (χ2v) is 6.67. The van der Waals surface area contributed by atoms with E-state index in [1.165, 1.54) is 27.8 Å². The Hall–Kier alpha value is -0.496. The molecule has 0 radical (unpaired) electrons. The molecule has 0 unspecified atom stereocenters. The summed E-state index contributed by atoms with van der Waals surface area (Å²) < 4.78 is 1.48. The first-order valence-electron chi connectivity index (χ1n) is 8.05. The molecule has 0 saturated heterocycles. The van der Waals surface area contributed by atoms with Gasteiger partial charge in [-0.3, -0.25) is 0 Å². The summed E-state index contributed by atoms with van der Waals surface area (Å²) in [6.07, 6.45) is 5.89. The molecule has 0 nitrogen and oxygen atoms in total. The van der Waals surface area contributed by atoms with Crippen molar-refractivity contribution in [3.63, 3.8) is 0 Å². The molecule has 130 valence electrons. The molecule has 0 fully saturated rings. The Morgan fingerprint density at radius 2 is 1.32 bits per heavy atom. The van der Waals surface area contributed by atoms with E-state index in [1.54, 1.807) is 11.1 Å². The van der Waals surface area contributed by atoms with Crippen molar-refractivity contribution in [1.82, 2.24) is 0 Å². The minimum Gasteiger partial charge on any atom is -1.00 e. The van der Waals surface area contributed by atoms with Crippen LogP contribution in [0.3, 0.4) is 0 Å². The van der Waals surface area contributed by atoms with E-state index in [1.807, 2.05) is 0 Å². The monoisotopic (exact) mass is 426 g/mol. The summed E-state index contributed by atoms with van der Waals surface area (Å²) in [7, 11) is 0. The molecular formula is C21H21Cl3Ti. The number of benzene rings is 2. The number of hydrogen-bond acceptors (Lipinski definition) is 0. The van der Waals surface area contributed by atoms with Crippen LogP contribution in [-0.4, -0.2) is 0 Å². The molecule has 0 aliphatic heterocycles. The molecule has 1 aliphatic rings. The number of rotatable bonds is 5. The minimum atomic E-state index is 0. The van der Waals surface area contributed by atoms with Gasteiger partial charge in [-0.25, -0.2) is 0 Å². The average molecular weight is 428 g/mol. The summed E-state index contributed by atoms with van der Waals surface area (Å²) in [5.41, 5.74) is 5.98. The number of halogens is 3. The van der Waals surface area contributed by atoms with E-state index in [0.29, 0.717) is 5.92 Å². The standard InChI is InChI=1S/C21H21.3ClH.Ti/c1-2-10-17-15-9-16-20(17)21(18-11-5-3-6-12-18)19-13-7-4-8-14-19;;;;/h3-9,11-14,21H,2,10,16H2,1H3;3*1H;/q;;;;+3/p-3. The fraction of sp³-hybridized carbons (Fsp3) is 0.238. The molecule has 25 heavy (non-hydrogen) atoms. The van der Waals surface area contributed by atoms with Crippen LogP contribution in [0.4, 0.5) is 0 Å². The number of hydrogen-bond donors (Lipinski definition) is 0. The molecule has 0 N–H and O–H groups in total. The summed E-state index contributed by atoms with van der Waals surface area (Å²) >= 11 is 2.27. The Balaban J connectivity index is 0.00000192. The van der Waals surface area contributed by atoms with Gasteiger partial charge in [-0.05, 0) is 0 Å². The van der Waals surface area contributed by atoms with Crippen LogP contribution in [0.2, 0.25) is 0 Å². The Kier molecular flexibility index (Phi) is 11.8. The van der Waals surface area contributed by atoms with Gasteiger partial charge in [-0.1, -0.05) is 0 Å². The normalized spacial score (nSPS) is 12.9. The first-order chi connectivity index (χ1) is 10.8. The molecule has 0 aromatic heterocycles. The summed E-state index contributed by atoms with van der Waals surface area (Å²) in [6, 6.07) is 21.9. The molecular weight excluding hydrogens is 406 g/mol. The van der Waals surface area contributed by atoms with Crippen molar-refractivity contribution >= 4 is 0 Å². The molecule has 2 aromatic carbocycles. The van der Waals surface area contributed by atoms with Crippen molar-refractivity contribution in [2.75, 3.05) is 0 Å². The van der Waals surface area contributed by atoms with E-state index < -0.39 is 0 Å². The minimum absolute atomic E-state index is 0. The van der Waals surface area contributed by atoms with E-state index in [4.69, 9.17) is 0 Å². The van der Waals surface area contributed by atoms with Crippen LogP contribution in [0.15, 0.2) is 81.8 Å². The van der Waals surface area contributed by atoms with Crippen LogP contribution < -0.4 is 37.2 Å². The predicted octanol–water partition coefficient (Wildman–Crippen LogP) is -3.24. The second-order valence-electron chi connectivity index (χ2n) is 5.83. The van der Waals surface area contributed by atoms with Gasteiger partial charge in [0.1, 0.15) is 0 Å². The second kappa shape index (κ2) is 12.0. The summed E-state index contributed by atoms with van der Waals surface area (Å²) in [4.78, 5) is 0. The molecule has 0 atom stereocenters. The van der Waals surface area contributed by atoms with Gasteiger partial charge in [-0.15, -0.1) is 0 Å². The Bertz CT molecular complexity index is 654. The van der Waals surface area contributed by atoms with Gasteiger partial charge >= 0.3 is 145 Å². The van der Waals surface area contributed by atoms with Crippen LogP contribution in [0.5, 0.6) is 0 Å². The van der Waals surface area contributed by atoms with Gasteiger partial charge in [0.25, 0.3) is 0 Å². The molecule has 0 heterocycles. The summed E-state index contributed by atoms with van der Waals surface area (Å²) in [5, 5.41) is 0. The quantitative estimate of drug-likeness (QED) is 0.440. The molecule has 0 amide bonds. The van der Waals surface area contributed by atoms with E-state index in [2.05, 4.69) is 94.1 Å². The molecule has 4 heteroatoms. The Morgan fingerprint density at radius 1 is 0.840 bits per heavy atom. The Morgan fingerprint density at radius 3 is 1.76 bits per heavy atom. The van der Waals surface area contributed by atoms with E-state index in [0.717, 1.165) is 6.42 Å². The van der Waals surface area contributed by atoms with Gasteiger partial charge in [0.05, 0.1) is 0 Å². The van der Waals surface area contributed by atoms with E-state index in [9.17, 15) is 0 Å². The third-order valence-corrected chi connectivity index (χ3v) is 5.14. The molecule has 1 aliphatic carbocycles. The van der Waals surface area contributed by atoms with Crippen LogP contribution in [0.1, 0.15) is 43.2 Å². The first-order valence-corrected chi connectivity index (χ1v) is 8.83. The van der Waals surface area contributed by atoms with Crippen LogP contribution >= 0.6 is 0 Å². The molecule has 0 saturated carbocycles. The van der Waals surface area contributed by atoms with Gasteiger partial charge in [-0.2, -0.15) is 0 Å². The zero-order chi connectivity index (χ0) is 15.4. The zero-order valence-corrected chi connectivity index (χ0v) is 18.0. The predicted molar refractivity (Wildman–Crippen MR) is 89.4 cm³/mol. The van der Waals surface area contributed by atoms with E-state index >= 15 is 0 Å². The molecule has 3 rings (SSSR count). The fourth-order valence-electron chi connectivity index (χ4n) is 3.35. The molecule has 2 aromatic rings. The molecule has 0 spiro atoms. The van der Waals surface area contributed by atoms with Crippen LogP contribution in [-0.2, 0) is 20.4 Å². The van der Waals surface area contributed by atoms with Crippen molar-refractivity contribution < 1.29 is 57.7 Å². The topological polar surface area (TPSA) is 0 Å². The van der Waals surface area contributed by atoms with Crippen LogP contribution in [0, 0.1) is 0 Å².